The highest BCUT2D eigenvalue weighted by molar-refractivity contribution is 7.09. The molecule has 0 aliphatic carbocycles. The number of hydrogen-bond acceptors (Lipinski definition) is 7. The van der Waals surface area contributed by atoms with Gasteiger partial charge in [0.05, 0.1) is 30.8 Å². The van der Waals surface area contributed by atoms with Crippen molar-refractivity contribution in [3.8, 4) is 0 Å². The molecular weight excluding hydrogens is 456 g/mol. The number of nitrogens with zero attached hydrogens (tertiary/aromatic N) is 2. The number of benzene rings is 2. The fourth-order valence-electron chi connectivity index (χ4n) is 3.24. The van der Waals surface area contributed by atoms with Gasteiger partial charge in [0.25, 0.3) is 0 Å². The number of carbonyl (C=O) groups is 4. The van der Waals surface area contributed by atoms with E-state index in [1.165, 1.54) is 11.3 Å². The van der Waals surface area contributed by atoms with Crippen LogP contribution in [0.25, 0.3) is 0 Å². The van der Waals surface area contributed by atoms with Gasteiger partial charge in [-0.05, 0) is 36.8 Å². The van der Waals surface area contributed by atoms with E-state index in [1.807, 2.05) is 31.2 Å². The first-order valence-corrected chi connectivity index (χ1v) is 11.4. The normalized spacial score (nSPS) is 13.0. The highest BCUT2D eigenvalue weighted by Gasteiger charge is 2.28. The monoisotopic (exact) mass is 478 g/mol. The van der Waals surface area contributed by atoms with Crippen LogP contribution in [0.3, 0.4) is 0 Å². The third kappa shape index (κ3) is 5.84. The molecule has 2 aromatic carbocycles. The molecule has 2 N–H and O–H groups in total. The molecule has 0 radical (unpaired) electrons. The summed E-state index contributed by atoms with van der Waals surface area (Å²) in [6, 6.07) is 13.6. The van der Waals surface area contributed by atoms with Crippen molar-refractivity contribution in [3.05, 3.63) is 81.3 Å². The van der Waals surface area contributed by atoms with Crippen LogP contribution in [0, 0.1) is 6.92 Å². The molecule has 0 spiro atoms. The van der Waals surface area contributed by atoms with Crippen LogP contribution in [-0.2, 0) is 33.9 Å². The van der Waals surface area contributed by atoms with Crippen LogP contribution in [-0.4, -0.2) is 40.2 Å². The predicted octanol–water partition coefficient (Wildman–Crippen LogP) is 3.04. The zero-order valence-electron chi connectivity index (χ0n) is 18.4. The number of ether oxygens (including phenoxy) is 1. The maximum Gasteiger partial charge on any atom is 0.338 e. The summed E-state index contributed by atoms with van der Waals surface area (Å²) in [6.07, 6.45) is 0.130. The standard InChI is InChI=1S/C24H22N4O5S/c1-15-2-8-18(9-3-15)26-20(29)10-21-27-19(14-34-21)13-33-23(31)17-6-4-16(5-7-17)12-28-22(30)11-25-24(28)32/h2-9,14H,10-13H2,1H3,(H,25,32)(H,26,29). The van der Waals surface area contributed by atoms with Crippen LogP contribution in [0.5, 0.6) is 0 Å². The summed E-state index contributed by atoms with van der Waals surface area (Å²) >= 11 is 1.33. The predicted molar refractivity (Wildman–Crippen MR) is 125 cm³/mol. The maximum absolute atomic E-state index is 12.4. The zero-order chi connectivity index (χ0) is 24.1. The van der Waals surface area contributed by atoms with Crippen molar-refractivity contribution >= 4 is 40.8 Å². The van der Waals surface area contributed by atoms with E-state index in [2.05, 4.69) is 15.6 Å². The Morgan fingerprint density at radius 2 is 1.85 bits per heavy atom. The van der Waals surface area contributed by atoms with Crippen LogP contribution in [0.2, 0.25) is 0 Å². The van der Waals surface area contributed by atoms with Crippen LogP contribution in [0.4, 0.5) is 10.5 Å². The molecule has 1 saturated heterocycles. The van der Waals surface area contributed by atoms with Gasteiger partial charge in [0.1, 0.15) is 11.6 Å². The van der Waals surface area contributed by atoms with Crippen molar-refractivity contribution in [2.45, 2.75) is 26.5 Å². The second-order valence-electron chi connectivity index (χ2n) is 7.74. The molecule has 1 fully saturated rings. The van der Waals surface area contributed by atoms with Gasteiger partial charge in [-0.3, -0.25) is 14.5 Å². The molecule has 174 valence electrons. The average Bonchev–Trinajstić information content (AvgIpc) is 3.40. The SMILES string of the molecule is Cc1ccc(NC(=O)Cc2nc(COC(=O)c3ccc(CN4C(=O)CNC4=O)cc3)cs2)cc1. The van der Waals surface area contributed by atoms with Gasteiger partial charge in [-0.25, -0.2) is 14.6 Å². The lowest BCUT2D eigenvalue weighted by Gasteiger charge is -2.12. The third-order valence-corrected chi connectivity index (χ3v) is 5.96. The molecule has 34 heavy (non-hydrogen) atoms. The number of hydrogen-bond donors (Lipinski definition) is 2. The molecule has 0 bridgehead atoms. The first-order chi connectivity index (χ1) is 16.4. The Hall–Kier alpha value is -4.05. The van der Waals surface area contributed by atoms with E-state index in [0.29, 0.717) is 16.3 Å². The smallest absolute Gasteiger partial charge is 0.338 e. The molecule has 0 unspecified atom stereocenters. The summed E-state index contributed by atoms with van der Waals surface area (Å²) < 4.78 is 5.32. The van der Waals surface area contributed by atoms with Crippen molar-refractivity contribution in [3.63, 3.8) is 0 Å². The Balaban J connectivity index is 1.25. The second kappa shape index (κ2) is 10.3. The van der Waals surface area contributed by atoms with Gasteiger partial charge < -0.3 is 15.4 Å². The highest BCUT2D eigenvalue weighted by atomic mass is 32.1. The van der Waals surface area contributed by atoms with Crippen molar-refractivity contribution in [2.75, 3.05) is 11.9 Å². The second-order valence-corrected chi connectivity index (χ2v) is 8.68. The minimum absolute atomic E-state index is 0.000997. The fourth-order valence-corrected chi connectivity index (χ4v) is 4.02. The minimum Gasteiger partial charge on any atom is -0.456 e. The molecule has 2 heterocycles. The number of imide groups is 1. The molecule has 1 aliphatic heterocycles. The number of amides is 4. The van der Waals surface area contributed by atoms with E-state index in [4.69, 9.17) is 4.74 Å². The fraction of sp³-hybridized carbons (Fsp3) is 0.208. The summed E-state index contributed by atoms with van der Waals surface area (Å²) in [6.45, 7) is 2.10. The Morgan fingerprint density at radius 3 is 2.53 bits per heavy atom. The number of aromatic nitrogens is 1. The van der Waals surface area contributed by atoms with Crippen molar-refractivity contribution in [1.29, 1.82) is 0 Å². The van der Waals surface area contributed by atoms with E-state index < -0.39 is 12.0 Å². The first kappa shape index (κ1) is 23.1. The van der Waals surface area contributed by atoms with E-state index in [-0.39, 0.29) is 37.9 Å². The van der Waals surface area contributed by atoms with Crippen LogP contribution < -0.4 is 10.6 Å². The Morgan fingerprint density at radius 1 is 1.12 bits per heavy atom. The molecule has 4 rings (SSSR count). The van der Waals surface area contributed by atoms with Gasteiger partial charge in [0, 0.05) is 11.1 Å². The molecule has 9 nitrogen and oxygen atoms in total. The molecule has 1 aromatic heterocycles. The highest BCUT2D eigenvalue weighted by Crippen LogP contribution is 2.15. The number of anilines is 1. The maximum atomic E-state index is 12.4. The quantitative estimate of drug-likeness (QED) is 0.380. The van der Waals surface area contributed by atoms with Crippen LogP contribution in [0.1, 0.15) is 32.2 Å². The molecule has 10 heteroatoms. The number of thiazole rings is 1. The molecule has 4 amide bonds. The Kier molecular flexibility index (Phi) is 6.98. The molecule has 3 aromatic rings. The number of aryl methyl sites for hydroxylation is 1. The minimum atomic E-state index is -0.520. The summed E-state index contributed by atoms with van der Waals surface area (Å²) in [7, 11) is 0. The van der Waals surface area contributed by atoms with E-state index in [0.717, 1.165) is 21.7 Å². The largest absolute Gasteiger partial charge is 0.456 e. The van der Waals surface area contributed by atoms with Crippen LogP contribution >= 0.6 is 11.3 Å². The van der Waals surface area contributed by atoms with Gasteiger partial charge >= 0.3 is 12.0 Å². The number of rotatable bonds is 8. The number of carbonyl (C=O) groups excluding carboxylic acids is 4. The Labute approximate surface area is 199 Å². The summed E-state index contributed by atoms with van der Waals surface area (Å²) in [4.78, 5) is 53.4. The number of urea groups is 1. The molecular formula is C24H22N4O5S. The van der Waals surface area contributed by atoms with Crippen LogP contribution in [0.15, 0.2) is 53.9 Å². The first-order valence-electron chi connectivity index (χ1n) is 10.5. The Bertz CT molecular complexity index is 1200. The molecule has 1 aliphatic rings. The van der Waals surface area contributed by atoms with E-state index >= 15 is 0 Å². The van der Waals surface area contributed by atoms with Crippen molar-refractivity contribution in [1.82, 2.24) is 15.2 Å². The third-order valence-electron chi connectivity index (χ3n) is 5.06. The topological polar surface area (TPSA) is 118 Å². The van der Waals surface area contributed by atoms with Gasteiger partial charge in [-0.2, -0.15) is 0 Å². The summed E-state index contributed by atoms with van der Waals surface area (Å²) in [5.74, 6) is -0.980. The van der Waals surface area contributed by atoms with Crippen molar-refractivity contribution < 1.29 is 23.9 Å². The van der Waals surface area contributed by atoms with E-state index in [9.17, 15) is 19.2 Å². The number of nitrogens with one attached hydrogen (secondary N) is 2. The molecule has 0 saturated carbocycles. The summed E-state index contributed by atoms with van der Waals surface area (Å²) in [5, 5.41) is 7.67. The lowest BCUT2D eigenvalue weighted by Crippen LogP contribution is -2.30. The van der Waals surface area contributed by atoms with E-state index in [1.54, 1.807) is 29.6 Å². The molecule has 0 atom stereocenters. The van der Waals surface area contributed by atoms with Gasteiger partial charge in [0.15, 0.2) is 0 Å². The lowest BCUT2D eigenvalue weighted by molar-refractivity contribution is -0.125. The average molecular weight is 479 g/mol. The van der Waals surface area contributed by atoms with Gasteiger partial charge in [0.2, 0.25) is 11.8 Å². The van der Waals surface area contributed by atoms with Gasteiger partial charge in [-0.15, -0.1) is 11.3 Å². The van der Waals surface area contributed by atoms with Gasteiger partial charge in [-0.1, -0.05) is 29.8 Å². The number of esters is 1. The summed E-state index contributed by atoms with van der Waals surface area (Å²) in [5.41, 5.74) is 3.46. The lowest BCUT2D eigenvalue weighted by atomic mass is 10.1. The zero-order valence-corrected chi connectivity index (χ0v) is 19.2. The van der Waals surface area contributed by atoms with Crippen molar-refractivity contribution in [2.24, 2.45) is 0 Å².